The summed E-state index contributed by atoms with van der Waals surface area (Å²) in [5.74, 6) is -1.49. The summed E-state index contributed by atoms with van der Waals surface area (Å²) in [5.41, 5.74) is -3.09. The summed E-state index contributed by atoms with van der Waals surface area (Å²) in [6.45, 7) is 0. The fraction of sp³-hybridized carbons (Fsp3) is 0.130. The molecule has 4 rings (SSSR count). The van der Waals surface area contributed by atoms with Crippen LogP contribution in [0.2, 0.25) is 0 Å². The van der Waals surface area contributed by atoms with Crippen LogP contribution in [0.4, 0.5) is 26.3 Å². The second-order valence-electron chi connectivity index (χ2n) is 7.51. The largest absolute Gasteiger partial charge is 0.497 e. The van der Waals surface area contributed by atoms with Crippen LogP contribution in [0.25, 0.3) is 10.9 Å². The van der Waals surface area contributed by atoms with Crippen molar-refractivity contribution < 1.29 is 44.2 Å². The van der Waals surface area contributed by atoms with Crippen molar-refractivity contribution in [1.82, 2.24) is 4.98 Å². The van der Waals surface area contributed by atoms with Crippen molar-refractivity contribution >= 4 is 33.4 Å². The fourth-order valence-electron chi connectivity index (χ4n) is 3.50. The van der Waals surface area contributed by atoms with Gasteiger partial charge in [-0.1, -0.05) is 0 Å². The molecule has 0 bridgehead atoms. The lowest BCUT2D eigenvalue weighted by molar-refractivity contribution is -0.145. The van der Waals surface area contributed by atoms with Crippen molar-refractivity contribution in [3.05, 3.63) is 71.9 Å². The molecule has 0 saturated heterocycles. The van der Waals surface area contributed by atoms with Gasteiger partial charge in [-0.05, 0) is 54.6 Å². The fourth-order valence-corrected chi connectivity index (χ4v) is 5.18. The molecule has 0 unspecified atom stereocenters. The lowest BCUT2D eigenvalue weighted by Crippen LogP contribution is -2.14. The number of rotatable bonds is 5. The van der Waals surface area contributed by atoms with E-state index >= 15 is 0 Å². The van der Waals surface area contributed by atoms with E-state index < -0.39 is 49.7 Å². The molecule has 1 N–H and O–H groups in total. The molecule has 0 saturated carbocycles. The Kier molecular flexibility index (Phi) is 6.41. The van der Waals surface area contributed by atoms with E-state index in [4.69, 9.17) is 9.47 Å². The van der Waals surface area contributed by atoms with Gasteiger partial charge in [0.05, 0.1) is 28.0 Å². The molecule has 0 aliphatic heterocycles. The summed E-state index contributed by atoms with van der Waals surface area (Å²) in [4.78, 5) is 1.82. The number of fused-ring (bicyclic) bond motifs is 1. The number of nitrogens with one attached hydrogen (secondary N) is 1. The molecule has 0 spiro atoms. The van der Waals surface area contributed by atoms with E-state index in [1.165, 1.54) is 43.6 Å². The zero-order chi connectivity index (χ0) is 26.5. The number of H-pyrrole nitrogens is 1. The Morgan fingerprint density at radius 2 is 1.39 bits per heavy atom. The van der Waals surface area contributed by atoms with E-state index in [0.717, 1.165) is 12.1 Å². The molecule has 3 aromatic carbocycles. The zero-order valence-electron chi connectivity index (χ0n) is 18.0. The van der Waals surface area contributed by atoms with E-state index in [0.29, 0.717) is 17.9 Å². The molecule has 5 nitrogen and oxygen atoms in total. The third-order valence-electron chi connectivity index (χ3n) is 5.18. The summed E-state index contributed by atoms with van der Waals surface area (Å²) < 4.78 is 118. The van der Waals surface area contributed by atoms with Crippen molar-refractivity contribution in [2.75, 3.05) is 7.11 Å². The second-order valence-corrected chi connectivity index (χ2v) is 9.94. The molecule has 1 aromatic heterocycles. The van der Waals surface area contributed by atoms with Crippen LogP contribution in [0.1, 0.15) is 11.1 Å². The number of thiol groups is 1. The summed E-state index contributed by atoms with van der Waals surface area (Å²) in [6.07, 6.45) is -9.20. The van der Waals surface area contributed by atoms with E-state index in [1.54, 1.807) is 0 Å². The van der Waals surface area contributed by atoms with Crippen molar-refractivity contribution in [3.8, 4) is 17.2 Å². The first-order valence-electron chi connectivity index (χ1n) is 9.91. The van der Waals surface area contributed by atoms with Gasteiger partial charge in [0.15, 0.2) is 5.75 Å². The zero-order valence-corrected chi connectivity index (χ0v) is 19.7. The van der Waals surface area contributed by atoms with Crippen LogP contribution in [0.3, 0.4) is 0 Å². The number of alkyl halides is 6. The number of aromatic amines is 1. The summed E-state index contributed by atoms with van der Waals surface area (Å²) in [6, 6.07) is 9.76. The maximum Gasteiger partial charge on any atom is 0.420 e. The van der Waals surface area contributed by atoms with Crippen molar-refractivity contribution in [3.63, 3.8) is 0 Å². The minimum Gasteiger partial charge on any atom is -0.497 e. The standard InChI is InChI=1S/C23H15F6NO4S2/c1-33-12-2-5-15(6-3-12)36(31,32)20-11-30-19-7-4-13(8-16(19)20)34-21-17(22(24,25)26)9-14(35)10-18(21)23(27,28)29/h2-11,30,35H,1H3. The van der Waals surface area contributed by atoms with Crippen LogP contribution in [-0.4, -0.2) is 20.5 Å². The first kappa shape index (κ1) is 25.8. The molecule has 0 aliphatic carbocycles. The van der Waals surface area contributed by atoms with E-state index in [2.05, 4.69) is 17.6 Å². The van der Waals surface area contributed by atoms with Crippen LogP contribution in [0.5, 0.6) is 17.2 Å². The Bertz CT molecular complexity index is 1510. The molecular weight excluding hydrogens is 532 g/mol. The molecule has 0 amide bonds. The number of halogens is 6. The van der Waals surface area contributed by atoms with Crippen molar-refractivity contribution in [2.45, 2.75) is 27.0 Å². The lowest BCUT2D eigenvalue weighted by atomic mass is 10.1. The first-order valence-corrected chi connectivity index (χ1v) is 11.8. The molecule has 0 aliphatic rings. The number of methoxy groups -OCH3 is 1. The number of benzene rings is 3. The lowest BCUT2D eigenvalue weighted by Gasteiger charge is -2.20. The third-order valence-corrected chi connectivity index (χ3v) is 7.25. The van der Waals surface area contributed by atoms with Crippen LogP contribution >= 0.6 is 12.6 Å². The van der Waals surface area contributed by atoms with Gasteiger partial charge in [0.1, 0.15) is 11.5 Å². The van der Waals surface area contributed by atoms with Gasteiger partial charge in [0.25, 0.3) is 0 Å². The van der Waals surface area contributed by atoms with Gasteiger partial charge in [-0.2, -0.15) is 26.3 Å². The summed E-state index contributed by atoms with van der Waals surface area (Å²) in [7, 11) is -2.71. The molecule has 0 atom stereocenters. The topological polar surface area (TPSA) is 68.4 Å². The number of hydrogen-bond donors (Lipinski definition) is 2. The molecule has 13 heteroatoms. The monoisotopic (exact) mass is 547 g/mol. The predicted molar refractivity (Wildman–Crippen MR) is 121 cm³/mol. The molecule has 4 aromatic rings. The van der Waals surface area contributed by atoms with Crippen molar-refractivity contribution in [1.29, 1.82) is 0 Å². The Morgan fingerprint density at radius 1 is 0.833 bits per heavy atom. The Morgan fingerprint density at radius 3 is 1.92 bits per heavy atom. The summed E-state index contributed by atoms with van der Waals surface area (Å²) in [5, 5.41) is 0.0104. The van der Waals surface area contributed by atoms with Gasteiger partial charge in [-0.3, -0.25) is 0 Å². The number of sulfone groups is 1. The van der Waals surface area contributed by atoms with Gasteiger partial charge in [0, 0.05) is 22.0 Å². The minimum absolute atomic E-state index is 0.0104. The SMILES string of the molecule is COc1ccc(S(=O)(=O)c2c[nH]c3ccc(Oc4c(C(F)(F)F)cc(S)cc4C(F)(F)F)cc23)cc1. The van der Waals surface area contributed by atoms with Crippen LogP contribution < -0.4 is 9.47 Å². The molecular formula is C23H15F6NO4S2. The quantitative estimate of drug-likeness (QED) is 0.206. The van der Waals surface area contributed by atoms with Crippen molar-refractivity contribution in [2.24, 2.45) is 0 Å². The third kappa shape index (κ3) is 4.85. The summed E-state index contributed by atoms with van der Waals surface area (Å²) >= 11 is 3.66. The number of hydrogen-bond acceptors (Lipinski definition) is 5. The maximum absolute atomic E-state index is 13.6. The second kappa shape index (κ2) is 8.96. The highest BCUT2D eigenvalue weighted by Crippen LogP contribution is 2.47. The first-order chi connectivity index (χ1) is 16.7. The van der Waals surface area contributed by atoms with Crippen LogP contribution in [0.15, 0.2) is 75.5 Å². The smallest absolute Gasteiger partial charge is 0.420 e. The molecule has 0 fully saturated rings. The molecule has 1 heterocycles. The van der Waals surface area contributed by atoms with Gasteiger partial charge >= 0.3 is 12.4 Å². The van der Waals surface area contributed by atoms with E-state index in [9.17, 15) is 34.8 Å². The molecule has 0 radical (unpaired) electrons. The predicted octanol–water partition coefficient (Wildman–Crippen LogP) is 7.13. The van der Waals surface area contributed by atoms with Gasteiger partial charge in [0.2, 0.25) is 9.84 Å². The Hall–Kier alpha value is -3.32. The minimum atomic E-state index is -5.19. The highest BCUT2D eigenvalue weighted by molar-refractivity contribution is 7.91. The van der Waals surface area contributed by atoms with Gasteiger partial charge < -0.3 is 14.5 Å². The average Bonchev–Trinajstić information content (AvgIpc) is 3.22. The van der Waals surface area contributed by atoms with Crippen LogP contribution in [-0.2, 0) is 22.2 Å². The van der Waals surface area contributed by atoms with Crippen LogP contribution in [0, 0.1) is 0 Å². The number of ether oxygens (including phenoxy) is 2. The molecule has 190 valence electrons. The Balaban J connectivity index is 1.84. The van der Waals surface area contributed by atoms with Gasteiger partial charge in [-0.25, -0.2) is 8.42 Å². The highest BCUT2D eigenvalue weighted by atomic mass is 32.2. The average molecular weight is 547 g/mol. The maximum atomic E-state index is 13.6. The number of aromatic nitrogens is 1. The van der Waals surface area contributed by atoms with Gasteiger partial charge in [-0.15, -0.1) is 12.6 Å². The molecule has 36 heavy (non-hydrogen) atoms. The normalized spacial score (nSPS) is 12.7. The Labute approximate surface area is 206 Å². The van der Waals surface area contributed by atoms with E-state index in [-0.39, 0.29) is 20.7 Å². The van der Waals surface area contributed by atoms with E-state index in [1.807, 2.05) is 0 Å². The highest BCUT2D eigenvalue weighted by Gasteiger charge is 2.43.